The molecule has 1 heterocycles. The van der Waals surface area contributed by atoms with Crippen LogP contribution in [0.2, 0.25) is 0 Å². The fourth-order valence-electron chi connectivity index (χ4n) is 10.3. The molecule has 2 heteroatoms. The van der Waals surface area contributed by atoms with Gasteiger partial charge >= 0.3 is 0 Å². The van der Waals surface area contributed by atoms with Crippen LogP contribution in [-0.2, 0) is 10.8 Å². The lowest BCUT2D eigenvalue weighted by Gasteiger charge is -2.22. The Balaban J connectivity index is 0.955. The summed E-state index contributed by atoms with van der Waals surface area (Å²) in [5.74, 6) is 0.724. The van der Waals surface area contributed by atoms with Crippen molar-refractivity contribution in [2.45, 2.75) is 38.5 Å². The molecule has 2 aliphatic rings. The van der Waals surface area contributed by atoms with E-state index in [1.807, 2.05) is 6.07 Å². The summed E-state index contributed by atoms with van der Waals surface area (Å²) in [4.78, 5) is 10.6. The van der Waals surface area contributed by atoms with E-state index in [1.165, 1.54) is 88.0 Å². The quantitative estimate of drug-likeness (QED) is 0.178. The van der Waals surface area contributed by atoms with Gasteiger partial charge in [0.25, 0.3) is 0 Å². The number of rotatable bonds is 4. The number of hydrogen-bond donors (Lipinski definition) is 0. The van der Waals surface area contributed by atoms with E-state index in [4.69, 9.17) is 9.97 Å². The maximum absolute atomic E-state index is 5.32. The van der Waals surface area contributed by atoms with Gasteiger partial charge in [-0.1, -0.05) is 161 Å². The van der Waals surface area contributed by atoms with Gasteiger partial charge < -0.3 is 0 Å². The minimum Gasteiger partial charge on any atom is -0.228 e. The van der Waals surface area contributed by atoms with E-state index in [2.05, 4.69) is 204 Å². The maximum Gasteiger partial charge on any atom is 0.160 e. The van der Waals surface area contributed by atoms with Crippen LogP contribution in [0.25, 0.3) is 99.6 Å². The molecule has 0 saturated carbocycles. The highest BCUT2D eigenvalue weighted by molar-refractivity contribution is 5.99. The molecule has 0 amide bonds. The smallest absolute Gasteiger partial charge is 0.160 e. The lowest BCUT2D eigenvalue weighted by molar-refractivity contribution is 0.661. The number of aromatic nitrogens is 2. The van der Waals surface area contributed by atoms with Crippen LogP contribution in [0, 0.1) is 0 Å². The molecular weight excluding hydrogens is 725 g/mol. The average Bonchev–Trinajstić information content (AvgIpc) is 3.65. The van der Waals surface area contributed by atoms with Crippen LogP contribution in [0.4, 0.5) is 0 Å². The molecule has 0 bridgehead atoms. The number of hydrogen-bond acceptors (Lipinski definition) is 2. The summed E-state index contributed by atoms with van der Waals surface area (Å²) in [5, 5.41) is 7.50. The number of nitrogens with zero attached hydrogens (tertiary/aromatic N) is 2. The van der Waals surface area contributed by atoms with E-state index >= 15 is 0 Å². The van der Waals surface area contributed by atoms with Gasteiger partial charge in [-0.15, -0.1) is 0 Å². The van der Waals surface area contributed by atoms with Crippen molar-refractivity contribution in [3.8, 4) is 67.3 Å². The predicted octanol–water partition coefficient (Wildman–Crippen LogP) is 15.2. The molecule has 0 fully saturated rings. The van der Waals surface area contributed by atoms with Crippen molar-refractivity contribution in [1.29, 1.82) is 0 Å². The maximum atomic E-state index is 5.32. The normalized spacial score (nSPS) is 14.3. The molecule has 0 radical (unpaired) electrons. The van der Waals surface area contributed by atoms with E-state index in [0.29, 0.717) is 0 Å². The first-order chi connectivity index (χ1) is 29.2. The minimum atomic E-state index is -0.143. The zero-order valence-electron chi connectivity index (χ0n) is 34.2. The van der Waals surface area contributed by atoms with Crippen LogP contribution in [0.15, 0.2) is 182 Å². The van der Waals surface area contributed by atoms with E-state index in [-0.39, 0.29) is 10.8 Å². The van der Waals surface area contributed by atoms with Crippen molar-refractivity contribution in [2.75, 3.05) is 0 Å². The highest BCUT2D eigenvalue weighted by Gasteiger charge is 2.38. The first-order valence-corrected chi connectivity index (χ1v) is 21.1. The Morgan fingerprint density at radius 3 is 1.53 bits per heavy atom. The Kier molecular flexibility index (Phi) is 7.36. The second-order valence-corrected chi connectivity index (χ2v) is 17.8. The molecular formula is C58H42N2. The lowest BCUT2D eigenvalue weighted by Crippen LogP contribution is -2.15. The first-order valence-electron chi connectivity index (χ1n) is 21.1. The van der Waals surface area contributed by atoms with Gasteiger partial charge in [0.1, 0.15) is 0 Å². The summed E-state index contributed by atoms with van der Waals surface area (Å²) in [6, 6.07) is 66.9. The molecule has 0 saturated heterocycles. The van der Waals surface area contributed by atoms with E-state index in [1.54, 1.807) is 0 Å². The molecule has 10 aromatic rings. The molecule has 60 heavy (non-hydrogen) atoms. The second kappa shape index (κ2) is 12.7. The van der Waals surface area contributed by atoms with Gasteiger partial charge in [-0.05, 0) is 136 Å². The molecule has 0 unspecified atom stereocenters. The van der Waals surface area contributed by atoms with E-state index in [9.17, 15) is 0 Å². The molecule has 284 valence electrons. The van der Waals surface area contributed by atoms with Gasteiger partial charge in [-0.3, -0.25) is 0 Å². The van der Waals surface area contributed by atoms with Crippen molar-refractivity contribution in [3.63, 3.8) is 0 Å². The summed E-state index contributed by atoms with van der Waals surface area (Å²) in [7, 11) is 0. The van der Waals surface area contributed by atoms with E-state index in [0.717, 1.165) is 33.9 Å². The molecule has 0 aliphatic heterocycles. The molecule has 1 aromatic heterocycles. The Bertz CT molecular complexity index is 3430. The van der Waals surface area contributed by atoms with Crippen LogP contribution in [0.1, 0.15) is 49.9 Å². The Morgan fingerprint density at radius 1 is 0.300 bits per heavy atom. The summed E-state index contributed by atoms with van der Waals surface area (Å²) >= 11 is 0. The van der Waals surface area contributed by atoms with Crippen molar-refractivity contribution < 1.29 is 0 Å². The minimum absolute atomic E-state index is 0.0841. The van der Waals surface area contributed by atoms with Crippen molar-refractivity contribution in [2.24, 2.45) is 0 Å². The molecule has 0 N–H and O–H groups in total. The van der Waals surface area contributed by atoms with E-state index < -0.39 is 0 Å². The fraction of sp³-hybridized carbons (Fsp3) is 0.103. The Labute approximate surface area is 350 Å². The van der Waals surface area contributed by atoms with Gasteiger partial charge in [0.15, 0.2) is 5.82 Å². The Morgan fingerprint density at radius 2 is 0.817 bits per heavy atom. The summed E-state index contributed by atoms with van der Waals surface area (Å²) in [5.41, 5.74) is 18.0. The molecule has 9 aromatic carbocycles. The first kappa shape index (κ1) is 34.8. The topological polar surface area (TPSA) is 25.8 Å². The van der Waals surface area contributed by atoms with Crippen molar-refractivity contribution in [1.82, 2.24) is 9.97 Å². The van der Waals surface area contributed by atoms with Crippen LogP contribution in [0.5, 0.6) is 0 Å². The zero-order chi connectivity index (χ0) is 40.3. The lowest BCUT2D eigenvalue weighted by atomic mass is 9.81. The van der Waals surface area contributed by atoms with Gasteiger partial charge in [-0.2, -0.15) is 0 Å². The second-order valence-electron chi connectivity index (χ2n) is 17.8. The van der Waals surface area contributed by atoms with Crippen molar-refractivity contribution >= 4 is 32.3 Å². The predicted molar refractivity (Wildman–Crippen MR) is 251 cm³/mol. The standard InChI is InChI=1S/C58H42N2/c1-57(2)49-20-12-19-46(55(49)48-30-37-16-9-11-18-39(37)32-52(48)57)54-34-53(59-56(60-54)35-13-6-5-7-14-35)44-24-23-40-27-41(21-22-42(40)28-44)43-25-26-45-47-29-36-15-8-10-17-38(36)31-51(47)58(3,4)50(45)33-43/h5-34H,1-4H3. The third-order valence-corrected chi connectivity index (χ3v) is 13.6. The summed E-state index contributed by atoms with van der Waals surface area (Å²) in [6.45, 7) is 9.44. The third kappa shape index (κ3) is 5.20. The van der Waals surface area contributed by atoms with Crippen molar-refractivity contribution in [3.05, 3.63) is 204 Å². The molecule has 0 atom stereocenters. The number of fused-ring (bicyclic) bond motifs is 9. The number of benzene rings is 9. The van der Waals surface area contributed by atoms with Gasteiger partial charge in [0, 0.05) is 27.5 Å². The van der Waals surface area contributed by atoms with Gasteiger partial charge in [-0.25, -0.2) is 9.97 Å². The SMILES string of the molecule is CC1(C)c2cc(-c3ccc4cc(-c5cc(-c6cccc7c6-c6cc8ccccc8cc6C7(C)C)nc(-c6ccccc6)n5)ccc4c3)ccc2-c2cc3ccccc3cc21. The fourth-order valence-corrected chi connectivity index (χ4v) is 10.3. The van der Waals surface area contributed by atoms with Crippen LogP contribution in [0.3, 0.4) is 0 Å². The van der Waals surface area contributed by atoms with Gasteiger partial charge in [0.2, 0.25) is 0 Å². The van der Waals surface area contributed by atoms with Crippen LogP contribution < -0.4 is 0 Å². The summed E-state index contributed by atoms with van der Waals surface area (Å²) < 4.78 is 0. The zero-order valence-corrected chi connectivity index (χ0v) is 34.2. The van der Waals surface area contributed by atoms with Crippen LogP contribution in [-0.4, -0.2) is 9.97 Å². The molecule has 2 nitrogen and oxygen atoms in total. The highest BCUT2D eigenvalue weighted by atomic mass is 14.9. The van der Waals surface area contributed by atoms with Crippen LogP contribution >= 0.6 is 0 Å². The summed E-state index contributed by atoms with van der Waals surface area (Å²) in [6.07, 6.45) is 0. The Hall–Kier alpha value is -7.16. The molecule has 0 spiro atoms. The molecule has 12 rings (SSSR count). The average molecular weight is 767 g/mol. The highest BCUT2D eigenvalue weighted by Crippen LogP contribution is 2.54. The molecule has 2 aliphatic carbocycles. The largest absolute Gasteiger partial charge is 0.228 e. The van der Waals surface area contributed by atoms with Gasteiger partial charge in [0.05, 0.1) is 11.4 Å². The monoisotopic (exact) mass is 766 g/mol. The third-order valence-electron chi connectivity index (χ3n) is 13.6.